The first-order valence-electron chi connectivity index (χ1n) is 4.77. The lowest BCUT2D eigenvalue weighted by Gasteiger charge is -2.06. The lowest BCUT2D eigenvalue weighted by atomic mass is 10.4. The minimum atomic E-state index is -0.636. The Morgan fingerprint density at radius 1 is 1.67 bits per heavy atom. The molecule has 18 heavy (non-hydrogen) atoms. The number of halogens is 1. The van der Waals surface area contributed by atoms with Gasteiger partial charge in [-0.25, -0.2) is 4.98 Å². The van der Waals surface area contributed by atoms with E-state index in [0.717, 1.165) is 6.20 Å². The second-order valence-electron chi connectivity index (χ2n) is 3.08. The van der Waals surface area contributed by atoms with Crippen molar-refractivity contribution < 1.29 is 14.5 Å². The Morgan fingerprint density at radius 3 is 3.00 bits per heavy atom. The summed E-state index contributed by atoms with van der Waals surface area (Å²) in [6, 6.07) is 0. The third-order valence-corrected chi connectivity index (χ3v) is 1.90. The highest BCUT2D eigenvalue weighted by Gasteiger charge is 2.16. The van der Waals surface area contributed by atoms with E-state index in [-0.39, 0.29) is 36.5 Å². The highest BCUT2D eigenvalue weighted by atomic mass is 35.5. The third kappa shape index (κ3) is 4.47. The van der Waals surface area contributed by atoms with E-state index in [9.17, 15) is 14.9 Å². The van der Waals surface area contributed by atoms with Crippen LogP contribution in [-0.4, -0.2) is 40.6 Å². The molecule has 1 aromatic rings. The Labute approximate surface area is 106 Å². The molecular formula is C8H10ClN5O4. The number of rotatable bonds is 7. The van der Waals surface area contributed by atoms with Gasteiger partial charge >= 0.3 is 5.69 Å². The minimum Gasteiger partial charge on any atom is -0.370 e. The van der Waals surface area contributed by atoms with Crippen LogP contribution in [0.4, 0.5) is 11.5 Å². The third-order valence-electron chi connectivity index (χ3n) is 1.72. The van der Waals surface area contributed by atoms with Crippen molar-refractivity contribution in [1.82, 2.24) is 9.97 Å². The van der Waals surface area contributed by atoms with Crippen molar-refractivity contribution in [3.63, 3.8) is 0 Å². The van der Waals surface area contributed by atoms with Crippen molar-refractivity contribution >= 4 is 29.0 Å². The highest BCUT2D eigenvalue weighted by molar-refractivity contribution is 6.28. The summed E-state index contributed by atoms with van der Waals surface area (Å²) >= 11 is 5.53. The maximum absolute atomic E-state index is 10.7. The zero-order chi connectivity index (χ0) is 13.5. The van der Waals surface area contributed by atoms with Crippen LogP contribution < -0.4 is 11.1 Å². The standard InChI is InChI=1S/C8H10ClN5O4/c9-8-12-3-5(14(16)17)7(13-8)11-1-2-18-4-6(10)15/h3H,1-2,4H2,(H2,10,15)(H,11,12,13). The molecule has 0 aromatic carbocycles. The van der Waals surface area contributed by atoms with Gasteiger partial charge in [0.15, 0.2) is 0 Å². The predicted molar refractivity (Wildman–Crippen MR) is 62.2 cm³/mol. The van der Waals surface area contributed by atoms with Crippen LogP contribution >= 0.6 is 11.6 Å². The van der Waals surface area contributed by atoms with Gasteiger partial charge in [-0.2, -0.15) is 4.98 Å². The molecule has 0 saturated heterocycles. The number of ether oxygens (including phenoxy) is 1. The van der Waals surface area contributed by atoms with Crippen LogP contribution in [0.2, 0.25) is 5.28 Å². The maximum Gasteiger partial charge on any atom is 0.329 e. The summed E-state index contributed by atoms with van der Waals surface area (Å²) in [5.74, 6) is -0.603. The van der Waals surface area contributed by atoms with Gasteiger partial charge in [0.05, 0.1) is 11.5 Å². The molecule has 1 aromatic heterocycles. The molecule has 0 spiro atoms. The number of nitrogens with two attached hydrogens (primary N) is 1. The molecule has 0 aliphatic heterocycles. The van der Waals surface area contributed by atoms with Crippen LogP contribution in [0, 0.1) is 10.1 Å². The van der Waals surface area contributed by atoms with Gasteiger partial charge in [0, 0.05) is 6.54 Å². The van der Waals surface area contributed by atoms with Gasteiger partial charge in [0.1, 0.15) is 12.8 Å². The lowest BCUT2D eigenvalue weighted by Crippen LogP contribution is -2.21. The Morgan fingerprint density at radius 2 is 2.39 bits per heavy atom. The van der Waals surface area contributed by atoms with Crippen LogP contribution in [-0.2, 0) is 9.53 Å². The lowest BCUT2D eigenvalue weighted by molar-refractivity contribution is -0.384. The quantitative estimate of drug-likeness (QED) is 0.308. The Kier molecular flexibility index (Phi) is 5.21. The van der Waals surface area contributed by atoms with Crippen LogP contribution in [0.3, 0.4) is 0 Å². The van der Waals surface area contributed by atoms with Crippen molar-refractivity contribution in [2.45, 2.75) is 0 Å². The largest absolute Gasteiger partial charge is 0.370 e. The zero-order valence-corrected chi connectivity index (χ0v) is 9.88. The first-order chi connectivity index (χ1) is 8.50. The number of hydrogen-bond donors (Lipinski definition) is 2. The second-order valence-corrected chi connectivity index (χ2v) is 3.41. The molecule has 3 N–H and O–H groups in total. The normalized spacial score (nSPS) is 10.1. The van der Waals surface area contributed by atoms with Crippen molar-refractivity contribution in [2.24, 2.45) is 5.73 Å². The average Bonchev–Trinajstić information content (AvgIpc) is 2.27. The molecular weight excluding hydrogens is 266 g/mol. The van der Waals surface area contributed by atoms with Crippen LogP contribution in [0.5, 0.6) is 0 Å². The second kappa shape index (κ2) is 6.67. The van der Waals surface area contributed by atoms with E-state index in [4.69, 9.17) is 22.1 Å². The van der Waals surface area contributed by atoms with Crippen molar-refractivity contribution in [3.05, 3.63) is 21.6 Å². The molecule has 0 atom stereocenters. The SMILES string of the molecule is NC(=O)COCCNc1nc(Cl)ncc1[N+](=O)[O-]. The number of hydrogen-bond acceptors (Lipinski definition) is 7. The molecule has 10 heteroatoms. The summed E-state index contributed by atoms with van der Waals surface area (Å²) in [6.45, 7) is 0.136. The summed E-state index contributed by atoms with van der Waals surface area (Å²) < 4.78 is 4.86. The fourth-order valence-electron chi connectivity index (χ4n) is 1.03. The molecule has 0 aliphatic carbocycles. The average molecular weight is 276 g/mol. The first kappa shape index (κ1) is 14.1. The molecule has 0 fully saturated rings. The maximum atomic E-state index is 10.7. The number of nitrogens with one attached hydrogen (secondary N) is 1. The summed E-state index contributed by atoms with van der Waals surface area (Å²) in [5.41, 5.74) is 4.56. The van der Waals surface area contributed by atoms with Crippen LogP contribution in [0.25, 0.3) is 0 Å². The van der Waals surface area contributed by atoms with E-state index in [1.165, 1.54) is 0 Å². The number of aromatic nitrogens is 2. The molecule has 9 nitrogen and oxygen atoms in total. The molecule has 0 bridgehead atoms. The predicted octanol–water partition coefficient (Wildman–Crippen LogP) is -0.0480. The Balaban J connectivity index is 2.53. The fraction of sp³-hybridized carbons (Fsp3) is 0.375. The summed E-state index contributed by atoms with van der Waals surface area (Å²) in [6.07, 6.45) is 1.00. The molecule has 0 unspecified atom stereocenters. The first-order valence-corrected chi connectivity index (χ1v) is 5.15. The number of anilines is 1. The van der Waals surface area contributed by atoms with Gasteiger partial charge in [0.2, 0.25) is 17.0 Å². The monoisotopic (exact) mass is 275 g/mol. The van der Waals surface area contributed by atoms with Crippen LogP contribution in [0.1, 0.15) is 0 Å². The van der Waals surface area contributed by atoms with Gasteiger partial charge in [-0.1, -0.05) is 0 Å². The van der Waals surface area contributed by atoms with E-state index in [1.54, 1.807) is 0 Å². The molecule has 0 aliphatic rings. The molecule has 1 rings (SSSR count). The zero-order valence-electron chi connectivity index (χ0n) is 9.13. The summed E-state index contributed by atoms with van der Waals surface area (Å²) in [4.78, 5) is 27.6. The summed E-state index contributed by atoms with van der Waals surface area (Å²) in [7, 11) is 0. The number of carbonyl (C=O) groups is 1. The van der Waals surface area contributed by atoms with Gasteiger partial charge in [-0.15, -0.1) is 0 Å². The number of carbonyl (C=O) groups excluding carboxylic acids is 1. The van der Waals surface area contributed by atoms with E-state index >= 15 is 0 Å². The number of amides is 1. The summed E-state index contributed by atoms with van der Waals surface area (Å²) in [5, 5.41) is 13.2. The molecule has 0 saturated carbocycles. The van der Waals surface area contributed by atoms with Crippen molar-refractivity contribution in [3.8, 4) is 0 Å². The van der Waals surface area contributed by atoms with Crippen LogP contribution in [0.15, 0.2) is 6.20 Å². The number of nitrogens with zero attached hydrogens (tertiary/aromatic N) is 3. The molecule has 98 valence electrons. The van der Waals surface area contributed by atoms with E-state index < -0.39 is 10.8 Å². The van der Waals surface area contributed by atoms with Gasteiger partial charge in [-0.3, -0.25) is 14.9 Å². The topological polar surface area (TPSA) is 133 Å². The fourth-order valence-corrected chi connectivity index (χ4v) is 1.17. The van der Waals surface area contributed by atoms with E-state index in [0.29, 0.717) is 0 Å². The minimum absolute atomic E-state index is 0.0114. The molecule has 0 radical (unpaired) electrons. The molecule has 1 heterocycles. The number of nitro groups is 1. The van der Waals surface area contributed by atoms with Crippen molar-refractivity contribution in [2.75, 3.05) is 25.1 Å². The van der Waals surface area contributed by atoms with Crippen molar-refractivity contribution in [1.29, 1.82) is 0 Å². The van der Waals surface area contributed by atoms with E-state index in [1.807, 2.05) is 0 Å². The van der Waals surface area contributed by atoms with Gasteiger partial charge < -0.3 is 15.8 Å². The highest BCUT2D eigenvalue weighted by Crippen LogP contribution is 2.21. The Bertz CT molecular complexity index is 455. The Hall–Kier alpha value is -2.00. The van der Waals surface area contributed by atoms with Gasteiger partial charge in [-0.05, 0) is 11.6 Å². The smallest absolute Gasteiger partial charge is 0.329 e. The number of primary amides is 1. The molecule has 1 amide bonds. The van der Waals surface area contributed by atoms with E-state index in [2.05, 4.69) is 15.3 Å². The van der Waals surface area contributed by atoms with Gasteiger partial charge in [0.25, 0.3) is 0 Å².